The van der Waals surface area contributed by atoms with Gasteiger partial charge in [-0.1, -0.05) is 29.8 Å². The Labute approximate surface area is 134 Å². The number of benzene rings is 2. The van der Waals surface area contributed by atoms with Crippen molar-refractivity contribution in [3.8, 4) is 5.75 Å². The van der Waals surface area contributed by atoms with E-state index in [1.807, 2.05) is 53.4 Å². The molecule has 23 heavy (non-hydrogen) atoms. The average Bonchev–Trinajstić information content (AvgIpc) is 3.06. The van der Waals surface area contributed by atoms with Gasteiger partial charge in [0.05, 0.1) is 17.9 Å². The topological polar surface area (TPSA) is 45.1 Å². The summed E-state index contributed by atoms with van der Waals surface area (Å²) in [6, 6.07) is 16.0. The van der Waals surface area contributed by atoms with E-state index in [-0.39, 0.29) is 5.91 Å². The van der Waals surface area contributed by atoms with Gasteiger partial charge in [0.15, 0.2) is 0 Å². The number of aliphatic imine (C=N–C) groups is 1. The highest BCUT2D eigenvalue weighted by Crippen LogP contribution is 2.38. The van der Waals surface area contributed by atoms with Crippen molar-refractivity contribution in [3.63, 3.8) is 0 Å². The molecule has 0 bridgehead atoms. The third kappa shape index (κ3) is 2.44. The number of hydrogen-bond acceptors (Lipinski definition) is 4. The molecule has 2 aliphatic heterocycles. The first-order valence-corrected chi connectivity index (χ1v) is 7.67. The number of aryl methyl sites for hydroxylation is 1. The number of para-hydroxylation sites is 2. The fourth-order valence-electron chi connectivity index (χ4n) is 2.95. The smallest absolute Gasteiger partial charge is 0.268 e. The Kier molecular flexibility index (Phi) is 3.26. The summed E-state index contributed by atoms with van der Waals surface area (Å²) in [4.78, 5) is 19.8. The number of nitrogens with zero attached hydrogens (tertiary/aromatic N) is 3. The van der Waals surface area contributed by atoms with Crippen LogP contribution >= 0.6 is 0 Å². The Morgan fingerprint density at radius 3 is 2.61 bits per heavy atom. The normalized spacial score (nSPS) is 15.5. The Bertz CT molecular complexity index is 783. The molecule has 5 nitrogen and oxygen atoms in total. The maximum absolute atomic E-state index is 11.7. The lowest BCUT2D eigenvalue weighted by Crippen LogP contribution is -2.37. The van der Waals surface area contributed by atoms with Crippen LogP contribution in [0.5, 0.6) is 5.75 Å². The van der Waals surface area contributed by atoms with Crippen LogP contribution in [-0.2, 0) is 4.79 Å². The molecule has 0 atom stereocenters. The van der Waals surface area contributed by atoms with Gasteiger partial charge in [0, 0.05) is 0 Å². The first kappa shape index (κ1) is 13.8. The fraction of sp³-hybridized carbons (Fsp3) is 0.222. The summed E-state index contributed by atoms with van der Waals surface area (Å²) in [5, 5.41) is 0. The summed E-state index contributed by atoms with van der Waals surface area (Å²) < 4.78 is 5.81. The summed E-state index contributed by atoms with van der Waals surface area (Å²) in [5.74, 6) is 1.46. The van der Waals surface area contributed by atoms with Crippen molar-refractivity contribution < 1.29 is 9.53 Å². The predicted octanol–water partition coefficient (Wildman–Crippen LogP) is 2.60. The van der Waals surface area contributed by atoms with Crippen molar-refractivity contribution >= 4 is 23.2 Å². The molecular weight excluding hydrogens is 290 g/mol. The second-order valence-corrected chi connectivity index (χ2v) is 5.69. The van der Waals surface area contributed by atoms with Gasteiger partial charge in [-0.15, -0.1) is 0 Å². The number of hydrogen-bond donors (Lipinski definition) is 0. The summed E-state index contributed by atoms with van der Waals surface area (Å²) in [6.07, 6.45) is 0. The van der Waals surface area contributed by atoms with E-state index in [0.717, 1.165) is 17.1 Å². The molecular formula is C18H17N3O2. The SMILES string of the molecule is Cc1ccc(OCCN2C3=NC(=O)CN3c3ccccc32)cc1. The van der Waals surface area contributed by atoms with Gasteiger partial charge in [-0.25, -0.2) is 0 Å². The first-order chi connectivity index (χ1) is 11.2. The molecule has 0 saturated carbocycles. The zero-order valence-electron chi connectivity index (χ0n) is 12.9. The van der Waals surface area contributed by atoms with E-state index in [4.69, 9.17) is 4.74 Å². The van der Waals surface area contributed by atoms with E-state index in [0.29, 0.717) is 25.7 Å². The lowest BCUT2D eigenvalue weighted by molar-refractivity contribution is -0.115. The number of guanidine groups is 1. The van der Waals surface area contributed by atoms with Crippen molar-refractivity contribution in [2.75, 3.05) is 29.5 Å². The molecule has 1 amide bonds. The van der Waals surface area contributed by atoms with Crippen molar-refractivity contribution in [3.05, 3.63) is 54.1 Å². The van der Waals surface area contributed by atoms with E-state index < -0.39 is 0 Å². The van der Waals surface area contributed by atoms with Gasteiger partial charge in [-0.05, 0) is 31.2 Å². The van der Waals surface area contributed by atoms with Gasteiger partial charge in [-0.3, -0.25) is 4.79 Å². The number of carbonyl (C=O) groups excluding carboxylic acids is 1. The monoisotopic (exact) mass is 307 g/mol. The van der Waals surface area contributed by atoms with Crippen LogP contribution in [0.3, 0.4) is 0 Å². The molecule has 2 heterocycles. The number of anilines is 2. The molecule has 0 saturated heterocycles. The molecule has 0 fully saturated rings. The third-order valence-corrected chi connectivity index (χ3v) is 4.07. The molecule has 2 aliphatic rings. The molecule has 2 aromatic carbocycles. The number of carbonyl (C=O) groups is 1. The van der Waals surface area contributed by atoms with Crippen LogP contribution in [0, 0.1) is 6.92 Å². The molecule has 2 aromatic rings. The fourth-order valence-corrected chi connectivity index (χ4v) is 2.95. The summed E-state index contributed by atoms with van der Waals surface area (Å²) in [7, 11) is 0. The maximum atomic E-state index is 11.7. The zero-order chi connectivity index (χ0) is 15.8. The van der Waals surface area contributed by atoms with Crippen LogP contribution in [0.4, 0.5) is 11.4 Å². The maximum Gasteiger partial charge on any atom is 0.268 e. The highest BCUT2D eigenvalue weighted by atomic mass is 16.5. The highest BCUT2D eigenvalue weighted by molar-refractivity contribution is 6.24. The van der Waals surface area contributed by atoms with E-state index in [1.165, 1.54) is 5.56 Å². The van der Waals surface area contributed by atoms with Gasteiger partial charge in [0.2, 0.25) is 5.96 Å². The van der Waals surface area contributed by atoms with Crippen molar-refractivity contribution in [2.24, 2.45) is 4.99 Å². The minimum absolute atomic E-state index is 0.0982. The molecule has 5 heteroatoms. The first-order valence-electron chi connectivity index (χ1n) is 7.67. The van der Waals surface area contributed by atoms with E-state index in [2.05, 4.69) is 16.8 Å². The predicted molar refractivity (Wildman–Crippen MR) is 90.3 cm³/mol. The van der Waals surface area contributed by atoms with E-state index in [9.17, 15) is 4.79 Å². The van der Waals surface area contributed by atoms with Crippen LogP contribution in [0.1, 0.15) is 5.56 Å². The lowest BCUT2D eigenvalue weighted by atomic mass is 10.2. The standard InChI is InChI=1S/C18H17N3O2/c1-13-6-8-14(9-7-13)23-11-10-20-15-4-2-3-5-16(15)21-12-17(22)19-18(20)21/h2-9H,10-12H2,1H3. The van der Waals surface area contributed by atoms with Crippen LogP contribution in [0.2, 0.25) is 0 Å². The highest BCUT2D eigenvalue weighted by Gasteiger charge is 2.37. The van der Waals surface area contributed by atoms with E-state index in [1.54, 1.807) is 0 Å². The van der Waals surface area contributed by atoms with Gasteiger partial charge < -0.3 is 14.5 Å². The molecule has 0 aliphatic carbocycles. The summed E-state index contributed by atoms with van der Waals surface area (Å²) in [5.41, 5.74) is 3.32. The third-order valence-electron chi connectivity index (χ3n) is 4.07. The number of rotatable bonds is 4. The molecule has 0 spiro atoms. The Morgan fingerprint density at radius 2 is 1.83 bits per heavy atom. The summed E-state index contributed by atoms with van der Waals surface area (Å²) in [6.45, 7) is 3.54. The van der Waals surface area contributed by atoms with Crippen molar-refractivity contribution in [1.29, 1.82) is 0 Å². The second-order valence-electron chi connectivity index (χ2n) is 5.69. The lowest BCUT2D eigenvalue weighted by Gasteiger charge is -2.19. The minimum Gasteiger partial charge on any atom is -0.492 e. The number of ether oxygens (including phenoxy) is 1. The van der Waals surface area contributed by atoms with Gasteiger partial charge in [0.1, 0.15) is 18.9 Å². The zero-order valence-corrected chi connectivity index (χ0v) is 12.9. The van der Waals surface area contributed by atoms with Crippen LogP contribution in [0.25, 0.3) is 0 Å². The van der Waals surface area contributed by atoms with E-state index >= 15 is 0 Å². The van der Waals surface area contributed by atoms with Gasteiger partial charge in [0.25, 0.3) is 5.91 Å². The Morgan fingerprint density at radius 1 is 1.09 bits per heavy atom. The van der Waals surface area contributed by atoms with Crippen LogP contribution < -0.4 is 14.5 Å². The van der Waals surface area contributed by atoms with Crippen LogP contribution in [0.15, 0.2) is 53.5 Å². The average molecular weight is 307 g/mol. The summed E-state index contributed by atoms with van der Waals surface area (Å²) >= 11 is 0. The number of fused-ring (bicyclic) bond motifs is 3. The molecule has 116 valence electrons. The molecule has 0 aromatic heterocycles. The molecule has 0 unspecified atom stereocenters. The van der Waals surface area contributed by atoms with Crippen LogP contribution in [-0.4, -0.2) is 31.6 Å². The molecule has 0 N–H and O–H groups in total. The Hall–Kier alpha value is -2.82. The largest absolute Gasteiger partial charge is 0.492 e. The van der Waals surface area contributed by atoms with Gasteiger partial charge >= 0.3 is 0 Å². The Balaban J connectivity index is 1.50. The van der Waals surface area contributed by atoms with Crippen molar-refractivity contribution in [2.45, 2.75) is 6.92 Å². The van der Waals surface area contributed by atoms with Gasteiger partial charge in [-0.2, -0.15) is 4.99 Å². The second kappa shape index (κ2) is 5.43. The molecule has 4 rings (SSSR count). The molecule has 0 radical (unpaired) electrons. The number of amides is 1. The minimum atomic E-state index is -0.0982. The quantitative estimate of drug-likeness (QED) is 0.871. The van der Waals surface area contributed by atoms with Crippen molar-refractivity contribution in [1.82, 2.24) is 0 Å².